The van der Waals surface area contributed by atoms with Gasteiger partial charge in [-0.2, -0.15) is 13.2 Å². The van der Waals surface area contributed by atoms with Crippen LogP contribution < -0.4 is 5.32 Å². The van der Waals surface area contributed by atoms with E-state index in [0.717, 1.165) is 34.6 Å². The summed E-state index contributed by atoms with van der Waals surface area (Å²) in [7, 11) is 1.91. The van der Waals surface area contributed by atoms with E-state index in [2.05, 4.69) is 15.3 Å². The number of fused-ring (bicyclic) bond motifs is 1. The SMILES string of the molecule is CCNC(=NCc1nc(C(F)(F)F)cs1)N(C)Cc1nc2c(s1)CCCC2.I. The third-order valence-corrected chi connectivity index (χ3v) is 6.14. The topological polar surface area (TPSA) is 53.4 Å². The molecule has 0 unspecified atom stereocenters. The van der Waals surface area contributed by atoms with Crippen molar-refractivity contribution in [1.82, 2.24) is 20.2 Å². The molecule has 5 nitrogen and oxygen atoms in total. The van der Waals surface area contributed by atoms with Crippen LogP contribution in [0.25, 0.3) is 0 Å². The Balaban J connectivity index is 0.00000280. The van der Waals surface area contributed by atoms with E-state index in [0.29, 0.717) is 24.1 Å². The molecule has 0 spiro atoms. The highest BCUT2D eigenvalue weighted by atomic mass is 127. The third-order valence-electron chi connectivity index (χ3n) is 4.17. The van der Waals surface area contributed by atoms with Crippen LogP contribution in [-0.4, -0.2) is 34.4 Å². The third kappa shape index (κ3) is 6.02. The molecule has 0 aromatic carbocycles. The van der Waals surface area contributed by atoms with Crippen LogP contribution in [0.1, 0.15) is 46.0 Å². The monoisotopic (exact) mass is 545 g/mol. The summed E-state index contributed by atoms with van der Waals surface area (Å²) < 4.78 is 38.0. The van der Waals surface area contributed by atoms with Crippen LogP contribution in [0.4, 0.5) is 13.2 Å². The molecule has 3 rings (SSSR count). The minimum Gasteiger partial charge on any atom is -0.357 e. The number of guanidine groups is 1. The highest BCUT2D eigenvalue weighted by Crippen LogP contribution is 2.30. The van der Waals surface area contributed by atoms with Gasteiger partial charge in [0.15, 0.2) is 11.7 Å². The Morgan fingerprint density at radius 1 is 1.25 bits per heavy atom. The molecule has 0 amide bonds. The number of aliphatic imine (C=N–C) groups is 1. The number of aryl methyl sites for hydroxylation is 2. The van der Waals surface area contributed by atoms with Crippen LogP contribution in [0.2, 0.25) is 0 Å². The molecule has 11 heteroatoms. The van der Waals surface area contributed by atoms with Gasteiger partial charge in [-0.25, -0.2) is 15.0 Å². The summed E-state index contributed by atoms with van der Waals surface area (Å²) >= 11 is 2.72. The van der Waals surface area contributed by atoms with Crippen LogP contribution in [0.15, 0.2) is 10.4 Å². The Labute approximate surface area is 187 Å². The second kappa shape index (κ2) is 10.2. The van der Waals surface area contributed by atoms with Crippen molar-refractivity contribution in [2.75, 3.05) is 13.6 Å². The second-order valence-corrected chi connectivity index (χ2v) is 8.45. The first kappa shape index (κ1) is 23.3. The van der Waals surface area contributed by atoms with Gasteiger partial charge in [-0.1, -0.05) is 0 Å². The van der Waals surface area contributed by atoms with Gasteiger partial charge in [-0.05, 0) is 32.6 Å². The smallest absolute Gasteiger partial charge is 0.357 e. The van der Waals surface area contributed by atoms with Gasteiger partial charge < -0.3 is 10.2 Å². The summed E-state index contributed by atoms with van der Waals surface area (Å²) in [5.74, 6) is 0.634. The van der Waals surface area contributed by atoms with Crippen molar-refractivity contribution in [2.45, 2.75) is 51.9 Å². The van der Waals surface area contributed by atoms with Gasteiger partial charge in [0.25, 0.3) is 0 Å². The summed E-state index contributed by atoms with van der Waals surface area (Å²) in [6, 6.07) is 0. The van der Waals surface area contributed by atoms with E-state index in [1.165, 1.54) is 23.4 Å². The summed E-state index contributed by atoms with van der Waals surface area (Å²) in [5.41, 5.74) is 0.364. The fraction of sp³-hybridized carbons (Fsp3) is 0.588. The highest BCUT2D eigenvalue weighted by molar-refractivity contribution is 14.0. The van der Waals surface area contributed by atoms with E-state index in [-0.39, 0.29) is 30.5 Å². The Hall–Kier alpha value is -0.950. The summed E-state index contributed by atoms with van der Waals surface area (Å²) in [5, 5.41) is 5.60. The Morgan fingerprint density at radius 3 is 2.64 bits per heavy atom. The zero-order valence-electron chi connectivity index (χ0n) is 15.7. The molecule has 156 valence electrons. The van der Waals surface area contributed by atoms with Gasteiger partial charge in [-0.3, -0.25) is 0 Å². The molecular weight excluding hydrogens is 522 g/mol. The molecule has 0 radical (unpaired) electrons. The molecule has 1 N–H and O–H groups in total. The standard InChI is InChI=1S/C17H22F3N5S2.HI/c1-3-21-16(22-8-14-24-13(10-26-14)17(18,19)20)25(2)9-15-23-11-6-4-5-7-12(11)27-15;/h10H,3-9H2,1-2H3,(H,21,22);1H. The lowest BCUT2D eigenvalue weighted by Crippen LogP contribution is -2.38. The van der Waals surface area contributed by atoms with E-state index < -0.39 is 11.9 Å². The zero-order valence-corrected chi connectivity index (χ0v) is 19.6. The van der Waals surface area contributed by atoms with Gasteiger partial charge >= 0.3 is 6.18 Å². The second-order valence-electron chi connectivity index (χ2n) is 6.34. The normalized spacial score (nSPS) is 14.4. The average molecular weight is 545 g/mol. The highest BCUT2D eigenvalue weighted by Gasteiger charge is 2.33. The minimum atomic E-state index is -4.41. The fourth-order valence-electron chi connectivity index (χ4n) is 2.88. The first-order chi connectivity index (χ1) is 12.9. The maximum Gasteiger partial charge on any atom is 0.434 e. The first-order valence-corrected chi connectivity index (χ1v) is 10.5. The molecule has 2 aromatic heterocycles. The molecule has 1 aliphatic carbocycles. The molecule has 28 heavy (non-hydrogen) atoms. The molecule has 2 aromatic rings. The number of thiazole rings is 2. The van der Waals surface area contributed by atoms with Crippen molar-refractivity contribution in [2.24, 2.45) is 4.99 Å². The van der Waals surface area contributed by atoms with Gasteiger partial charge in [-0.15, -0.1) is 46.7 Å². The zero-order chi connectivity index (χ0) is 19.4. The van der Waals surface area contributed by atoms with Crippen LogP contribution in [0, 0.1) is 0 Å². The summed E-state index contributed by atoms with van der Waals surface area (Å²) in [4.78, 5) is 16.2. The number of nitrogens with one attached hydrogen (secondary N) is 1. The van der Waals surface area contributed by atoms with Crippen molar-refractivity contribution in [3.05, 3.63) is 31.7 Å². The van der Waals surface area contributed by atoms with Crippen LogP contribution in [0.3, 0.4) is 0 Å². The number of alkyl halides is 3. The Kier molecular flexibility index (Phi) is 8.49. The Morgan fingerprint density at radius 2 is 2.00 bits per heavy atom. The van der Waals surface area contributed by atoms with Crippen molar-refractivity contribution < 1.29 is 13.2 Å². The van der Waals surface area contributed by atoms with E-state index >= 15 is 0 Å². The number of nitrogens with zero attached hydrogens (tertiary/aromatic N) is 4. The van der Waals surface area contributed by atoms with Gasteiger partial charge in [0.05, 0.1) is 18.8 Å². The lowest BCUT2D eigenvalue weighted by atomic mass is 10.0. The van der Waals surface area contributed by atoms with Crippen molar-refractivity contribution in [3.8, 4) is 0 Å². The molecule has 2 heterocycles. The first-order valence-electron chi connectivity index (χ1n) is 8.85. The number of aromatic nitrogens is 2. The fourth-order valence-corrected chi connectivity index (χ4v) is 4.81. The predicted octanol–water partition coefficient (Wildman–Crippen LogP) is 4.71. The van der Waals surface area contributed by atoms with Crippen molar-refractivity contribution in [3.63, 3.8) is 0 Å². The maximum absolute atomic E-state index is 12.7. The summed E-state index contributed by atoms with van der Waals surface area (Å²) in [6.07, 6.45) is 0.168. The van der Waals surface area contributed by atoms with Gasteiger partial charge in [0.2, 0.25) is 0 Å². The molecule has 0 saturated carbocycles. The van der Waals surface area contributed by atoms with Gasteiger partial charge in [0.1, 0.15) is 10.0 Å². The maximum atomic E-state index is 12.7. The van der Waals surface area contributed by atoms with E-state index in [1.54, 1.807) is 11.3 Å². The van der Waals surface area contributed by atoms with E-state index in [9.17, 15) is 13.2 Å². The summed E-state index contributed by atoms with van der Waals surface area (Å²) in [6.45, 7) is 3.36. The van der Waals surface area contributed by atoms with Crippen LogP contribution >= 0.6 is 46.7 Å². The molecule has 0 aliphatic heterocycles. The molecule has 0 atom stereocenters. The van der Waals surface area contributed by atoms with Gasteiger partial charge in [0, 0.05) is 23.8 Å². The van der Waals surface area contributed by atoms with Crippen molar-refractivity contribution >= 4 is 52.6 Å². The molecule has 0 fully saturated rings. The number of halogens is 4. The predicted molar refractivity (Wildman–Crippen MR) is 118 cm³/mol. The molecule has 1 aliphatic rings. The van der Waals surface area contributed by atoms with Crippen molar-refractivity contribution in [1.29, 1.82) is 0 Å². The van der Waals surface area contributed by atoms with Crippen LogP contribution in [-0.2, 0) is 32.1 Å². The van der Waals surface area contributed by atoms with E-state index in [1.807, 2.05) is 18.9 Å². The number of hydrogen-bond acceptors (Lipinski definition) is 5. The largest absolute Gasteiger partial charge is 0.434 e. The quantitative estimate of drug-likeness (QED) is 0.336. The lowest BCUT2D eigenvalue weighted by Gasteiger charge is -2.20. The number of rotatable bonds is 5. The lowest BCUT2D eigenvalue weighted by molar-refractivity contribution is -0.140. The molecule has 0 saturated heterocycles. The average Bonchev–Trinajstić information content (AvgIpc) is 3.24. The molecule has 0 bridgehead atoms. The minimum absolute atomic E-state index is 0. The van der Waals surface area contributed by atoms with Crippen LogP contribution in [0.5, 0.6) is 0 Å². The van der Waals surface area contributed by atoms with E-state index in [4.69, 9.17) is 4.98 Å². The Bertz CT molecular complexity index is 780. The number of hydrogen-bond donors (Lipinski definition) is 1. The molecular formula is C17H23F3IN5S2.